The highest BCUT2D eigenvalue weighted by Crippen LogP contribution is 2.32. The molecule has 0 saturated carbocycles. The van der Waals surface area contributed by atoms with E-state index in [0.717, 1.165) is 11.1 Å². The van der Waals surface area contributed by atoms with Crippen LogP contribution in [0.15, 0.2) is 48.5 Å². The normalized spacial score (nSPS) is 17.0. The summed E-state index contributed by atoms with van der Waals surface area (Å²) in [5.41, 5.74) is 3.39. The van der Waals surface area contributed by atoms with Gasteiger partial charge in [0.05, 0.1) is 0 Å². The van der Waals surface area contributed by atoms with Crippen LogP contribution in [0.3, 0.4) is 0 Å². The van der Waals surface area contributed by atoms with Crippen LogP contribution in [0.5, 0.6) is 0 Å². The smallest absolute Gasteiger partial charge is 0.193 e. The molecule has 0 fully saturated rings. The molecule has 2 N–H and O–H groups in total. The highest BCUT2D eigenvalue weighted by molar-refractivity contribution is 5.27. The molecule has 0 aliphatic rings. The SMILES string of the molecule is Cc1ccc(C(C)(O)OC(C)(O)c2ccc(C)cc2)cc1. The summed E-state index contributed by atoms with van der Waals surface area (Å²) in [5, 5.41) is 21.1. The Kier molecular flexibility index (Phi) is 4.19. The van der Waals surface area contributed by atoms with E-state index in [4.69, 9.17) is 4.74 Å². The maximum absolute atomic E-state index is 10.5. The molecule has 0 spiro atoms. The molecule has 2 aromatic rings. The third-order valence-electron chi connectivity index (χ3n) is 3.57. The zero-order valence-corrected chi connectivity index (χ0v) is 12.9. The summed E-state index contributed by atoms with van der Waals surface area (Å²) in [5.74, 6) is -3.16. The van der Waals surface area contributed by atoms with Crippen molar-refractivity contribution in [3.8, 4) is 0 Å². The number of hydrogen-bond acceptors (Lipinski definition) is 3. The predicted octanol–water partition coefficient (Wildman–Crippen LogP) is 3.35. The minimum absolute atomic E-state index is 0.598. The van der Waals surface area contributed by atoms with Gasteiger partial charge in [-0.15, -0.1) is 0 Å². The molecule has 2 atom stereocenters. The van der Waals surface area contributed by atoms with Crippen LogP contribution < -0.4 is 0 Å². The van der Waals surface area contributed by atoms with Crippen molar-refractivity contribution in [2.75, 3.05) is 0 Å². The predicted molar refractivity (Wildman–Crippen MR) is 82.6 cm³/mol. The van der Waals surface area contributed by atoms with Crippen molar-refractivity contribution in [2.24, 2.45) is 0 Å². The van der Waals surface area contributed by atoms with Gasteiger partial charge in [0.1, 0.15) is 0 Å². The van der Waals surface area contributed by atoms with E-state index in [0.29, 0.717) is 11.1 Å². The molecule has 3 heteroatoms. The van der Waals surface area contributed by atoms with Gasteiger partial charge in [0.15, 0.2) is 11.6 Å². The van der Waals surface area contributed by atoms with Gasteiger partial charge in [0.2, 0.25) is 0 Å². The largest absolute Gasteiger partial charge is 0.362 e. The van der Waals surface area contributed by atoms with Crippen LogP contribution in [0.1, 0.15) is 36.1 Å². The fourth-order valence-corrected chi connectivity index (χ4v) is 2.23. The molecule has 0 aliphatic carbocycles. The molecular formula is C18H22O3. The molecule has 112 valence electrons. The van der Waals surface area contributed by atoms with E-state index < -0.39 is 11.6 Å². The molecule has 0 saturated heterocycles. The van der Waals surface area contributed by atoms with Crippen LogP contribution in [0.4, 0.5) is 0 Å². The third-order valence-corrected chi connectivity index (χ3v) is 3.57. The first-order chi connectivity index (χ1) is 9.71. The standard InChI is InChI=1S/C18H22O3/c1-13-5-9-15(10-6-13)17(3,19)21-18(4,20)16-11-7-14(2)8-12-16/h5-12,19-20H,1-4H3. The van der Waals surface area contributed by atoms with Crippen molar-refractivity contribution >= 4 is 0 Å². The maximum Gasteiger partial charge on any atom is 0.193 e. The van der Waals surface area contributed by atoms with Gasteiger partial charge in [-0.05, 0) is 27.7 Å². The Morgan fingerprint density at radius 2 is 0.952 bits per heavy atom. The van der Waals surface area contributed by atoms with Crippen LogP contribution in [0.2, 0.25) is 0 Å². The number of ether oxygens (including phenoxy) is 1. The van der Waals surface area contributed by atoms with Gasteiger partial charge in [-0.2, -0.15) is 0 Å². The minimum atomic E-state index is -1.58. The molecule has 0 radical (unpaired) electrons. The summed E-state index contributed by atoms with van der Waals surface area (Å²) in [6, 6.07) is 14.8. The number of aryl methyl sites for hydroxylation is 2. The van der Waals surface area contributed by atoms with Crippen molar-refractivity contribution in [3.05, 3.63) is 70.8 Å². The van der Waals surface area contributed by atoms with Crippen LogP contribution in [0.25, 0.3) is 0 Å². The van der Waals surface area contributed by atoms with Crippen molar-refractivity contribution in [1.82, 2.24) is 0 Å². The lowest BCUT2D eigenvalue weighted by molar-refractivity contribution is -0.334. The van der Waals surface area contributed by atoms with Crippen molar-refractivity contribution < 1.29 is 14.9 Å². The third kappa shape index (κ3) is 3.70. The van der Waals surface area contributed by atoms with Gasteiger partial charge in [-0.1, -0.05) is 59.7 Å². The monoisotopic (exact) mass is 286 g/mol. The summed E-state index contributed by atoms with van der Waals surface area (Å²) in [6.45, 7) is 7.00. The van der Waals surface area contributed by atoms with Crippen molar-refractivity contribution in [1.29, 1.82) is 0 Å². The van der Waals surface area contributed by atoms with Crippen LogP contribution in [-0.4, -0.2) is 10.2 Å². The van der Waals surface area contributed by atoms with Gasteiger partial charge < -0.3 is 14.9 Å². The summed E-state index contributed by atoms with van der Waals surface area (Å²) in [4.78, 5) is 0. The quantitative estimate of drug-likeness (QED) is 0.847. The second-order valence-electron chi connectivity index (χ2n) is 5.80. The van der Waals surface area contributed by atoms with E-state index in [-0.39, 0.29) is 0 Å². The van der Waals surface area contributed by atoms with Crippen LogP contribution in [0, 0.1) is 13.8 Å². The number of benzene rings is 2. The average Bonchev–Trinajstić information content (AvgIpc) is 2.38. The van der Waals surface area contributed by atoms with Crippen molar-refractivity contribution in [2.45, 2.75) is 39.3 Å². The van der Waals surface area contributed by atoms with Gasteiger partial charge in [0.25, 0.3) is 0 Å². The Hall–Kier alpha value is -1.68. The van der Waals surface area contributed by atoms with E-state index in [1.54, 1.807) is 24.3 Å². The summed E-state index contributed by atoms with van der Waals surface area (Å²) in [6.07, 6.45) is 0. The van der Waals surface area contributed by atoms with Crippen molar-refractivity contribution in [3.63, 3.8) is 0 Å². The lowest BCUT2D eigenvalue weighted by atomic mass is 10.0. The summed E-state index contributed by atoms with van der Waals surface area (Å²) >= 11 is 0. The van der Waals surface area contributed by atoms with E-state index in [1.807, 2.05) is 38.1 Å². The van der Waals surface area contributed by atoms with E-state index in [9.17, 15) is 10.2 Å². The molecule has 0 heterocycles. The molecule has 2 rings (SSSR count). The number of aliphatic hydroxyl groups is 2. The lowest BCUT2D eigenvalue weighted by Gasteiger charge is -2.34. The Balaban J connectivity index is 2.25. The topological polar surface area (TPSA) is 49.7 Å². The second-order valence-corrected chi connectivity index (χ2v) is 5.80. The molecule has 21 heavy (non-hydrogen) atoms. The average molecular weight is 286 g/mol. The molecule has 0 amide bonds. The van der Waals surface area contributed by atoms with E-state index in [2.05, 4.69) is 0 Å². The minimum Gasteiger partial charge on any atom is -0.362 e. The Bertz CT molecular complexity index is 540. The first-order valence-electron chi connectivity index (χ1n) is 7.00. The second kappa shape index (κ2) is 5.60. The van der Waals surface area contributed by atoms with Crippen LogP contribution in [-0.2, 0) is 16.3 Å². The van der Waals surface area contributed by atoms with Gasteiger partial charge in [-0.3, -0.25) is 0 Å². The van der Waals surface area contributed by atoms with Gasteiger partial charge in [0, 0.05) is 11.1 Å². The van der Waals surface area contributed by atoms with Gasteiger partial charge >= 0.3 is 0 Å². The molecule has 3 nitrogen and oxygen atoms in total. The highest BCUT2D eigenvalue weighted by Gasteiger charge is 2.35. The summed E-state index contributed by atoms with van der Waals surface area (Å²) < 4.78 is 5.59. The molecule has 2 aromatic carbocycles. The zero-order valence-electron chi connectivity index (χ0n) is 12.9. The molecular weight excluding hydrogens is 264 g/mol. The van der Waals surface area contributed by atoms with Gasteiger partial charge in [-0.25, -0.2) is 0 Å². The van der Waals surface area contributed by atoms with E-state index in [1.165, 1.54) is 13.8 Å². The Labute approximate surface area is 125 Å². The number of rotatable bonds is 4. The fourth-order valence-electron chi connectivity index (χ4n) is 2.23. The Morgan fingerprint density at radius 1 is 0.667 bits per heavy atom. The molecule has 2 unspecified atom stereocenters. The fraction of sp³-hybridized carbons (Fsp3) is 0.333. The molecule has 0 aliphatic heterocycles. The summed E-state index contributed by atoms with van der Waals surface area (Å²) in [7, 11) is 0. The van der Waals surface area contributed by atoms with Crippen LogP contribution >= 0.6 is 0 Å². The molecule has 0 bridgehead atoms. The highest BCUT2D eigenvalue weighted by atomic mass is 16.7. The lowest BCUT2D eigenvalue weighted by Crippen LogP contribution is -2.37. The number of hydrogen-bond donors (Lipinski definition) is 2. The first-order valence-corrected chi connectivity index (χ1v) is 7.00. The maximum atomic E-state index is 10.5. The molecule has 0 aromatic heterocycles. The zero-order chi connectivity index (χ0) is 15.7. The van der Waals surface area contributed by atoms with E-state index >= 15 is 0 Å². The first kappa shape index (κ1) is 15.7. The Morgan fingerprint density at radius 3 is 1.24 bits per heavy atom.